The number of ether oxygens (including phenoxy) is 1. The van der Waals surface area contributed by atoms with Crippen molar-refractivity contribution in [1.29, 1.82) is 0 Å². The van der Waals surface area contributed by atoms with Gasteiger partial charge < -0.3 is 20.5 Å². The Labute approximate surface area is 103 Å². The van der Waals surface area contributed by atoms with E-state index in [0.29, 0.717) is 13.0 Å². The highest BCUT2D eigenvalue weighted by molar-refractivity contribution is 5.68. The number of hydrogen-bond donors (Lipinski definition) is 2. The van der Waals surface area contributed by atoms with Crippen LogP contribution in [0, 0.1) is 0 Å². The Morgan fingerprint density at radius 2 is 2.18 bits per heavy atom. The lowest BCUT2D eigenvalue weighted by Gasteiger charge is -2.38. The zero-order chi connectivity index (χ0) is 13.1. The Hall–Kier alpha value is -0.810. The predicted molar refractivity (Wildman–Crippen MR) is 65.6 cm³/mol. The Morgan fingerprint density at radius 3 is 2.71 bits per heavy atom. The largest absolute Gasteiger partial charge is 0.444 e. The first kappa shape index (κ1) is 14.3. The van der Waals surface area contributed by atoms with Crippen LogP contribution in [-0.2, 0) is 4.74 Å². The third-order valence-corrected chi connectivity index (χ3v) is 2.85. The molecular formula is C12H24N2O3. The van der Waals surface area contributed by atoms with Crippen molar-refractivity contribution < 1.29 is 14.6 Å². The van der Waals surface area contributed by atoms with Crippen LogP contribution in [0.25, 0.3) is 0 Å². The average Bonchev–Trinajstić information content (AvgIpc) is 2.15. The molecule has 100 valence electrons. The van der Waals surface area contributed by atoms with Gasteiger partial charge in [0.05, 0.1) is 0 Å². The normalized spacial score (nSPS) is 25.8. The number of hydrogen-bond acceptors (Lipinski definition) is 4. The molecule has 5 heteroatoms. The molecule has 0 bridgehead atoms. The molecule has 1 fully saturated rings. The summed E-state index contributed by atoms with van der Waals surface area (Å²) in [6.45, 7) is 6.22. The Kier molecular flexibility index (Phi) is 4.77. The lowest BCUT2D eigenvalue weighted by molar-refractivity contribution is 0.00541. The zero-order valence-electron chi connectivity index (χ0n) is 11.0. The minimum absolute atomic E-state index is 0.00130. The van der Waals surface area contributed by atoms with Crippen molar-refractivity contribution in [2.24, 2.45) is 5.73 Å². The fraction of sp³-hybridized carbons (Fsp3) is 0.917. The smallest absolute Gasteiger partial charge is 0.410 e. The maximum absolute atomic E-state index is 12.0. The Bertz CT molecular complexity index is 263. The summed E-state index contributed by atoms with van der Waals surface area (Å²) in [6.07, 6.45) is 1.79. The Morgan fingerprint density at radius 1 is 1.53 bits per heavy atom. The van der Waals surface area contributed by atoms with Crippen molar-refractivity contribution in [3.05, 3.63) is 0 Å². The van der Waals surface area contributed by atoms with E-state index in [0.717, 1.165) is 12.8 Å². The number of piperidine rings is 1. The number of rotatable bonds is 2. The first-order valence-corrected chi connectivity index (χ1v) is 6.19. The SMILES string of the molecule is CC(C)(C)OC(=O)N1CCC(N)CC1CCO. The molecule has 0 aliphatic carbocycles. The molecule has 0 radical (unpaired) electrons. The topological polar surface area (TPSA) is 75.8 Å². The molecule has 0 aromatic rings. The fourth-order valence-electron chi connectivity index (χ4n) is 2.07. The van der Waals surface area contributed by atoms with E-state index in [-0.39, 0.29) is 24.8 Å². The number of aliphatic hydroxyl groups excluding tert-OH is 1. The second kappa shape index (κ2) is 5.69. The van der Waals surface area contributed by atoms with Gasteiger partial charge in [-0.3, -0.25) is 0 Å². The first-order chi connectivity index (χ1) is 7.83. The number of likely N-dealkylation sites (tertiary alicyclic amines) is 1. The molecule has 0 spiro atoms. The summed E-state index contributed by atoms with van der Waals surface area (Å²) < 4.78 is 5.35. The van der Waals surface area contributed by atoms with E-state index in [1.165, 1.54) is 0 Å². The molecule has 1 aliphatic rings. The number of amides is 1. The molecule has 0 saturated carbocycles. The van der Waals surface area contributed by atoms with E-state index >= 15 is 0 Å². The Balaban J connectivity index is 2.62. The average molecular weight is 244 g/mol. The van der Waals surface area contributed by atoms with Gasteiger partial charge in [0.1, 0.15) is 5.60 Å². The summed E-state index contributed by atoms with van der Waals surface area (Å²) in [5.74, 6) is 0. The van der Waals surface area contributed by atoms with Crippen molar-refractivity contribution in [3.63, 3.8) is 0 Å². The van der Waals surface area contributed by atoms with Crippen LogP contribution in [0.1, 0.15) is 40.0 Å². The lowest BCUT2D eigenvalue weighted by Crippen LogP contribution is -2.51. The van der Waals surface area contributed by atoms with Crippen LogP contribution in [0.3, 0.4) is 0 Å². The summed E-state index contributed by atoms with van der Waals surface area (Å²) in [4.78, 5) is 13.7. The van der Waals surface area contributed by atoms with Crippen LogP contribution >= 0.6 is 0 Å². The predicted octanol–water partition coefficient (Wildman–Crippen LogP) is 1.10. The van der Waals surface area contributed by atoms with Gasteiger partial charge in [0.15, 0.2) is 0 Å². The summed E-state index contributed by atoms with van der Waals surface area (Å²) in [5, 5.41) is 9.02. The van der Waals surface area contributed by atoms with Gasteiger partial charge in [-0.05, 0) is 40.0 Å². The van der Waals surface area contributed by atoms with Gasteiger partial charge in [-0.2, -0.15) is 0 Å². The van der Waals surface area contributed by atoms with Gasteiger partial charge in [0.25, 0.3) is 0 Å². The third kappa shape index (κ3) is 4.52. The monoisotopic (exact) mass is 244 g/mol. The van der Waals surface area contributed by atoms with E-state index in [4.69, 9.17) is 15.6 Å². The zero-order valence-corrected chi connectivity index (χ0v) is 11.0. The molecule has 3 N–H and O–H groups in total. The van der Waals surface area contributed by atoms with Gasteiger partial charge in [0, 0.05) is 25.2 Å². The maximum atomic E-state index is 12.0. The van der Waals surface area contributed by atoms with Crippen molar-refractivity contribution >= 4 is 6.09 Å². The van der Waals surface area contributed by atoms with Crippen LogP contribution in [-0.4, -0.2) is 46.9 Å². The van der Waals surface area contributed by atoms with E-state index in [2.05, 4.69) is 0 Å². The quantitative estimate of drug-likeness (QED) is 0.762. The molecule has 5 nitrogen and oxygen atoms in total. The fourth-order valence-corrected chi connectivity index (χ4v) is 2.07. The van der Waals surface area contributed by atoms with Crippen LogP contribution in [0.15, 0.2) is 0 Å². The molecule has 1 saturated heterocycles. The first-order valence-electron chi connectivity index (χ1n) is 6.19. The molecule has 17 heavy (non-hydrogen) atoms. The third-order valence-electron chi connectivity index (χ3n) is 2.85. The standard InChI is InChI=1S/C12H24N2O3/c1-12(2,3)17-11(16)14-6-4-9(13)8-10(14)5-7-15/h9-10,15H,4-8,13H2,1-3H3. The number of nitrogens with two attached hydrogens (primary N) is 1. The minimum atomic E-state index is -0.486. The number of carbonyl (C=O) groups is 1. The number of aliphatic hydroxyl groups is 1. The molecular weight excluding hydrogens is 220 g/mol. The van der Waals surface area contributed by atoms with Crippen LogP contribution in [0.2, 0.25) is 0 Å². The lowest BCUT2D eigenvalue weighted by atomic mass is 9.96. The van der Waals surface area contributed by atoms with E-state index in [1.54, 1.807) is 4.90 Å². The number of nitrogens with zero attached hydrogens (tertiary/aromatic N) is 1. The molecule has 2 unspecified atom stereocenters. The summed E-state index contributed by atoms with van der Waals surface area (Å²) in [5.41, 5.74) is 5.40. The minimum Gasteiger partial charge on any atom is -0.444 e. The molecule has 1 rings (SSSR count). The van der Waals surface area contributed by atoms with Crippen molar-refractivity contribution in [3.8, 4) is 0 Å². The highest BCUT2D eigenvalue weighted by atomic mass is 16.6. The summed E-state index contributed by atoms with van der Waals surface area (Å²) in [7, 11) is 0. The van der Waals surface area contributed by atoms with Crippen molar-refractivity contribution in [2.45, 2.75) is 57.7 Å². The molecule has 1 amide bonds. The highest BCUT2D eigenvalue weighted by Gasteiger charge is 2.32. The second-order valence-corrected chi connectivity index (χ2v) is 5.62. The van der Waals surface area contributed by atoms with Crippen LogP contribution < -0.4 is 5.73 Å². The molecule has 1 aliphatic heterocycles. The van der Waals surface area contributed by atoms with Crippen LogP contribution in [0.5, 0.6) is 0 Å². The van der Waals surface area contributed by atoms with E-state index < -0.39 is 5.60 Å². The summed E-state index contributed by atoms with van der Waals surface area (Å²) >= 11 is 0. The van der Waals surface area contributed by atoms with Gasteiger partial charge >= 0.3 is 6.09 Å². The van der Waals surface area contributed by atoms with Gasteiger partial charge in [-0.25, -0.2) is 4.79 Å². The van der Waals surface area contributed by atoms with Crippen molar-refractivity contribution in [2.75, 3.05) is 13.2 Å². The molecule has 0 aromatic carbocycles. The second-order valence-electron chi connectivity index (χ2n) is 5.62. The number of carbonyl (C=O) groups excluding carboxylic acids is 1. The van der Waals surface area contributed by atoms with Crippen molar-refractivity contribution in [1.82, 2.24) is 4.90 Å². The van der Waals surface area contributed by atoms with Gasteiger partial charge in [-0.15, -0.1) is 0 Å². The van der Waals surface area contributed by atoms with E-state index in [9.17, 15) is 4.79 Å². The molecule has 1 heterocycles. The van der Waals surface area contributed by atoms with Gasteiger partial charge in [-0.1, -0.05) is 0 Å². The van der Waals surface area contributed by atoms with E-state index in [1.807, 2.05) is 20.8 Å². The maximum Gasteiger partial charge on any atom is 0.410 e. The summed E-state index contributed by atoms with van der Waals surface area (Å²) in [6, 6.07) is 0.115. The molecule has 2 atom stereocenters. The van der Waals surface area contributed by atoms with Gasteiger partial charge in [0.2, 0.25) is 0 Å². The highest BCUT2D eigenvalue weighted by Crippen LogP contribution is 2.21. The molecule has 0 aromatic heterocycles. The van der Waals surface area contributed by atoms with Crippen LogP contribution in [0.4, 0.5) is 4.79 Å².